The molecule has 0 saturated heterocycles. The van der Waals surface area contributed by atoms with Gasteiger partial charge in [0.05, 0.1) is 22.3 Å². The molecule has 64 heavy (non-hydrogen) atoms. The van der Waals surface area contributed by atoms with Gasteiger partial charge in [0.2, 0.25) is 0 Å². The van der Waals surface area contributed by atoms with Gasteiger partial charge in [0.25, 0.3) is 0 Å². The first-order valence-electron chi connectivity index (χ1n) is 22.8. The molecule has 0 amide bonds. The number of rotatable bonds is 6. The van der Waals surface area contributed by atoms with Crippen LogP contribution in [0.4, 0.5) is 0 Å². The number of para-hydroxylation sites is 1. The molecule has 4 heteroatoms. The number of imidazole rings is 1. The average molecular weight is 844 g/mol. The summed E-state index contributed by atoms with van der Waals surface area (Å²) in [7, 11) is 0. The Labute approximate surface area is 382 Å². The van der Waals surface area contributed by atoms with Crippen LogP contribution in [0.15, 0.2) is 134 Å². The predicted molar refractivity (Wildman–Crippen MR) is 272 cm³/mol. The monoisotopic (exact) mass is 844 g/mol. The van der Waals surface area contributed by atoms with E-state index < -0.39 is 0 Å². The van der Waals surface area contributed by atoms with Gasteiger partial charge in [-0.15, -0.1) is 0 Å². The molecule has 4 nitrogen and oxygen atoms in total. The summed E-state index contributed by atoms with van der Waals surface area (Å²) in [4.78, 5) is 10.6. The summed E-state index contributed by atoms with van der Waals surface area (Å²) in [6.07, 6.45) is 1.93. The maximum atomic E-state index is 12.5. The summed E-state index contributed by atoms with van der Waals surface area (Å²) in [5.74, 6) is 0.972. The quantitative estimate of drug-likeness (QED) is 0.181. The fourth-order valence-corrected chi connectivity index (χ4v) is 8.77. The Morgan fingerprint density at radius 3 is 1.75 bits per heavy atom. The minimum atomic E-state index is -0.311. The molecule has 0 radical (unpaired) electrons. The summed E-state index contributed by atoms with van der Waals surface area (Å²) >= 11 is 0. The van der Waals surface area contributed by atoms with Gasteiger partial charge in [0.15, 0.2) is 0 Å². The van der Waals surface area contributed by atoms with Gasteiger partial charge in [0, 0.05) is 28.6 Å². The summed E-state index contributed by atoms with van der Waals surface area (Å²) in [5.41, 5.74) is 18.7. The van der Waals surface area contributed by atoms with Crippen molar-refractivity contribution in [3.05, 3.63) is 167 Å². The van der Waals surface area contributed by atoms with Gasteiger partial charge in [-0.05, 0) is 140 Å². The molecule has 2 heterocycles. The second-order valence-electron chi connectivity index (χ2n) is 22.0. The lowest BCUT2D eigenvalue weighted by atomic mass is 9.79. The zero-order valence-corrected chi connectivity index (χ0v) is 40.5. The number of nitrogens with zero attached hydrogens (tertiary/aromatic N) is 3. The van der Waals surface area contributed by atoms with Crippen LogP contribution in [0.2, 0.25) is 0 Å². The Balaban J connectivity index is 1.40. The molecular weight excluding hydrogens is 779 g/mol. The smallest absolute Gasteiger partial charge is 0.149 e. The molecule has 0 aliphatic heterocycles. The number of phenols is 1. The Morgan fingerprint density at radius 2 is 1.11 bits per heavy atom. The minimum Gasteiger partial charge on any atom is -0.507 e. The highest BCUT2D eigenvalue weighted by Gasteiger charge is 2.29. The van der Waals surface area contributed by atoms with E-state index in [0.717, 1.165) is 66.9 Å². The summed E-state index contributed by atoms with van der Waals surface area (Å²) in [5, 5.41) is 12.5. The van der Waals surface area contributed by atoms with Gasteiger partial charge >= 0.3 is 0 Å². The SMILES string of the molecule is Cc1cc(-n2c(-c3cc(C(C)(C)C)cc(C(C)(C)C)c3O)nc3c(-c4cc(-c5cc(-c6ccc(C(C)(C)C)cc6)ccn5)cc(C(C)(C)C)c4)cccc32)cc(-c2ccccc2)c1C. The van der Waals surface area contributed by atoms with Gasteiger partial charge in [-0.25, -0.2) is 4.98 Å². The van der Waals surface area contributed by atoms with E-state index in [1.54, 1.807) is 0 Å². The third kappa shape index (κ3) is 8.55. The Kier molecular flexibility index (Phi) is 11.1. The van der Waals surface area contributed by atoms with Gasteiger partial charge in [-0.2, -0.15) is 0 Å². The normalized spacial score (nSPS) is 12.6. The van der Waals surface area contributed by atoms with Crippen LogP contribution in [-0.4, -0.2) is 19.6 Å². The second kappa shape index (κ2) is 16.1. The van der Waals surface area contributed by atoms with E-state index in [4.69, 9.17) is 9.97 Å². The fourth-order valence-electron chi connectivity index (χ4n) is 8.77. The lowest BCUT2D eigenvalue weighted by Gasteiger charge is -2.27. The third-order valence-electron chi connectivity index (χ3n) is 13.0. The molecule has 8 rings (SSSR count). The Hall–Kier alpha value is -6.26. The van der Waals surface area contributed by atoms with Crippen LogP contribution in [0, 0.1) is 13.8 Å². The van der Waals surface area contributed by atoms with Crippen LogP contribution in [0.3, 0.4) is 0 Å². The number of aromatic hydroxyl groups is 1. The highest BCUT2D eigenvalue weighted by molar-refractivity contribution is 5.97. The zero-order valence-electron chi connectivity index (χ0n) is 40.5. The van der Waals surface area contributed by atoms with Crippen molar-refractivity contribution in [3.63, 3.8) is 0 Å². The highest BCUT2D eigenvalue weighted by atomic mass is 16.3. The topological polar surface area (TPSA) is 50.9 Å². The average Bonchev–Trinajstić information content (AvgIpc) is 3.63. The number of hydrogen-bond acceptors (Lipinski definition) is 3. The van der Waals surface area contributed by atoms with Crippen molar-refractivity contribution in [2.75, 3.05) is 0 Å². The van der Waals surface area contributed by atoms with Gasteiger partial charge < -0.3 is 5.11 Å². The molecule has 8 aromatic rings. The molecule has 6 aromatic carbocycles. The van der Waals surface area contributed by atoms with E-state index in [0.29, 0.717) is 5.82 Å². The van der Waals surface area contributed by atoms with Gasteiger partial charge in [0.1, 0.15) is 11.6 Å². The van der Waals surface area contributed by atoms with E-state index in [-0.39, 0.29) is 27.4 Å². The van der Waals surface area contributed by atoms with Crippen LogP contribution in [0.1, 0.15) is 116 Å². The number of phenolic OH excluding ortho intramolecular Hbond substituents is 1. The predicted octanol–water partition coefficient (Wildman–Crippen LogP) is 16.3. The number of pyridine rings is 1. The van der Waals surface area contributed by atoms with Gasteiger partial charge in [-0.3, -0.25) is 9.55 Å². The molecule has 0 atom stereocenters. The van der Waals surface area contributed by atoms with Crippen molar-refractivity contribution < 1.29 is 5.11 Å². The number of fused-ring (bicyclic) bond motifs is 1. The minimum absolute atomic E-state index is 0.0849. The van der Waals surface area contributed by atoms with Crippen molar-refractivity contribution >= 4 is 11.0 Å². The molecule has 0 aliphatic carbocycles. The molecule has 0 fully saturated rings. The molecule has 0 saturated carbocycles. The van der Waals surface area contributed by atoms with Crippen LogP contribution in [-0.2, 0) is 21.7 Å². The fraction of sp³-hybridized carbons (Fsp3) is 0.300. The first-order valence-corrected chi connectivity index (χ1v) is 22.8. The number of aromatic nitrogens is 3. The lowest BCUT2D eigenvalue weighted by Crippen LogP contribution is -2.17. The van der Waals surface area contributed by atoms with E-state index >= 15 is 0 Å². The van der Waals surface area contributed by atoms with Crippen molar-refractivity contribution in [3.8, 4) is 67.5 Å². The summed E-state index contributed by atoms with van der Waals surface area (Å²) < 4.78 is 2.27. The molecule has 0 bridgehead atoms. The number of aryl methyl sites for hydroxylation is 1. The van der Waals surface area contributed by atoms with Crippen LogP contribution in [0.5, 0.6) is 5.75 Å². The van der Waals surface area contributed by atoms with E-state index in [2.05, 4.69) is 229 Å². The molecule has 0 unspecified atom stereocenters. The lowest BCUT2D eigenvalue weighted by molar-refractivity contribution is 0.446. The third-order valence-corrected chi connectivity index (χ3v) is 13.0. The Bertz CT molecular complexity index is 3030. The first-order chi connectivity index (χ1) is 30.0. The number of hydrogen-bond donors (Lipinski definition) is 1. The van der Waals surface area contributed by atoms with Crippen molar-refractivity contribution in [1.29, 1.82) is 0 Å². The number of benzene rings is 6. The molecule has 1 N–H and O–H groups in total. The maximum absolute atomic E-state index is 12.5. The van der Waals surface area contributed by atoms with Crippen LogP contribution < -0.4 is 0 Å². The van der Waals surface area contributed by atoms with E-state index in [9.17, 15) is 5.11 Å². The molecule has 326 valence electrons. The zero-order chi connectivity index (χ0) is 46.1. The standard InChI is InChI=1S/C60H65N3O/c1-37-29-47(36-49(38(37)2)40-19-16-15-17-20-40)63-53-22-18-21-48(54(53)62-56(63)50-34-46(59(9,10)11)35-51(55(50)64)60(12,13)14)42-30-43(32-45(31-42)58(6,7)8)52-33-41(27-28-61-52)39-23-25-44(26-24-39)57(3,4)5/h15-36,64H,1-14H3. The maximum Gasteiger partial charge on any atom is 0.149 e. The first kappa shape index (κ1) is 44.4. The molecular formula is C60H65N3O. The van der Waals surface area contributed by atoms with Gasteiger partial charge in [-0.1, -0.05) is 162 Å². The molecule has 2 aromatic heterocycles. The van der Waals surface area contributed by atoms with E-state index in [1.165, 1.54) is 33.4 Å². The summed E-state index contributed by atoms with van der Waals surface area (Å²) in [6.45, 7) is 31.2. The Morgan fingerprint density at radius 1 is 0.469 bits per heavy atom. The van der Waals surface area contributed by atoms with Crippen molar-refractivity contribution in [2.24, 2.45) is 0 Å². The van der Waals surface area contributed by atoms with Crippen LogP contribution in [0.25, 0.3) is 72.7 Å². The van der Waals surface area contributed by atoms with E-state index in [1.807, 2.05) is 6.20 Å². The van der Waals surface area contributed by atoms with Crippen LogP contribution >= 0.6 is 0 Å². The largest absolute Gasteiger partial charge is 0.507 e. The highest BCUT2D eigenvalue weighted by Crippen LogP contribution is 2.45. The van der Waals surface area contributed by atoms with Crippen molar-refractivity contribution in [1.82, 2.24) is 14.5 Å². The summed E-state index contributed by atoms with van der Waals surface area (Å²) in [6, 6.07) is 46.2. The second-order valence-corrected chi connectivity index (χ2v) is 22.0. The molecule has 0 aliphatic rings. The van der Waals surface area contributed by atoms with Crippen molar-refractivity contribution in [2.45, 2.75) is 119 Å². The molecule has 0 spiro atoms.